The van der Waals surface area contributed by atoms with E-state index in [0.29, 0.717) is 6.61 Å². The number of nitrogens with zero attached hydrogens (tertiary/aromatic N) is 2. The van der Waals surface area contributed by atoms with Crippen molar-refractivity contribution in [3.8, 4) is 0 Å². The third-order valence-corrected chi connectivity index (χ3v) is 2.77. The summed E-state index contributed by atoms with van der Waals surface area (Å²) in [5.74, 6) is 0. The van der Waals surface area contributed by atoms with Crippen LogP contribution in [0.2, 0.25) is 0 Å². The molecule has 0 spiro atoms. The molecule has 76 valence electrons. The molecule has 2 heterocycles. The molecule has 0 saturated heterocycles. The Morgan fingerprint density at radius 2 is 2.57 bits per heavy atom. The van der Waals surface area contributed by atoms with Crippen LogP contribution in [-0.2, 0) is 11.2 Å². The number of ether oxygens (including phenoxy) is 1. The Morgan fingerprint density at radius 1 is 1.71 bits per heavy atom. The molecule has 5 heteroatoms. The molecule has 0 aliphatic heterocycles. The first-order chi connectivity index (χ1) is 6.79. The molecule has 0 radical (unpaired) electrons. The van der Waals surface area contributed by atoms with Gasteiger partial charge in [-0.05, 0) is 0 Å². The Hall–Kier alpha value is -0.910. The molecule has 1 unspecified atom stereocenters. The summed E-state index contributed by atoms with van der Waals surface area (Å²) in [4.78, 5) is 5.46. The van der Waals surface area contributed by atoms with Crippen molar-refractivity contribution in [1.82, 2.24) is 9.38 Å². The van der Waals surface area contributed by atoms with Crippen LogP contribution in [-0.4, -0.2) is 29.1 Å². The van der Waals surface area contributed by atoms with Gasteiger partial charge >= 0.3 is 0 Å². The van der Waals surface area contributed by atoms with Gasteiger partial charge in [-0.2, -0.15) is 0 Å². The van der Waals surface area contributed by atoms with Crippen molar-refractivity contribution < 1.29 is 4.74 Å². The normalized spacial score (nSPS) is 13.6. The van der Waals surface area contributed by atoms with E-state index in [-0.39, 0.29) is 6.04 Å². The molecule has 0 saturated carbocycles. The summed E-state index contributed by atoms with van der Waals surface area (Å²) < 4.78 is 6.99. The van der Waals surface area contributed by atoms with E-state index in [9.17, 15) is 0 Å². The largest absolute Gasteiger partial charge is 0.383 e. The molecular formula is C9H13N3OS. The summed E-state index contributed by atoms with van der Waals surface area (Å²) in [6.07, 6.45) is 4.78. The number of nitrogens with two attached hydrogens (primary N) is 1. The molecule has 2 aromatic heterocycles. The summed E-state index contributed by atoms with van der Waals surface area (Å²) in [5.41, 5.74) is 6.87. The molecule has 0 bridgehead atoms. The Bertz CT molecular complexity index is 380. The van der Waals surface area contributed by atoms with Crippen molar-refractivity contribution in [2.24, 2.45) is 5.73 Å². The number of rotatable bonds is 4. The highest BCUT2D eigenvalue weighted by molar-refractivity contribution is 7.15. The fraction of sp³-hybridized carbons (Fsp3) is 0.444. The Morgan fingerprint density at radius 3 is 3.29 bits per heavy atom. The van der Waals surface area contributed by atoms with E-state index in [1.807, 2.05) is 22.2 Å². The fourth-order valence-corrected chi connectivity index (χ4v) is 2.14. The third kappa shape index (κ3) is 1.95. The van der Waals surface area contributed by atoms with Crippen molar-refractivity contribution in [2.45, 2.75) is 12.5 Å². The van der Waals surface area contributed by atoms with E-state index in [1.54, 1.807) is 18.4 Å². The van der Waals surface area contributed by atoms with Gasteiger partial charge in [-0.1, -0.05) is 0 Å². The second-order valence-electron chi connectivity index (χ2n) is 3.24. The first kappa shape index (κ1) is 9.64. The fourth-order valence-electron chi connectivity index (χ4n) is 1.42. The van der Waals surface area contributed by atoms with Crippen LogP contribution in [0.15, 0.2) is 17.8 Å². The molecule has 0 fully saturated rings. The molecule has 1 atom stereocenters. The molecule has 14 heavy (non-hydrogen) atoms. The second-order valence-corrected chi connectivity index (χ2v) is 4.12. The van der Waals surface area contributed by atoms with Crippen molar-refractivity contribution in [3.05, 3.63) is 23.5 Å². The van der Waals surface area contributed by atoms with Crippen LogP contribution in [0, 0.1) is 0 Å². The van der Waals surface area contributed by atoms with Gasteiger partial charge in [0.2, 0.25) is 0 Å². The zero-order chi connectivity index (χ0) is 9.97. The minimum absolute atomic E-state index is 0.0320. The van der Waals surface area contributed by atoms with Crippen LogP contribution < -0.4 is 5.73 Å². The predicted octanol–water partition coefficient (Wildman–Crippen LogP) is 0.912. The van der Waals surface area contributed by atoms with Gasteiger partial charge in [-0.25, -0.2) is 4.98 Å². The van der Waals surface area contributed by atoms with Gasteiger partial charge in [0.25, 0.3) is 0 Å². The van der Waals surface area contributed by atoms with Crippen LogP contribution in [0.4, 0.5) is 0 Å². The summed E-state index contributed by atoms with van der Waals surface area (Å²) in [7, 11) is 1.66. The summed E-state index contributed by atoms with van der Waals surface area (Å²) >= 11 is 1.63. The van der Waals surface area contributed by atoms with Gasteiger partial charge in [0.15, 0.2) is 4.96 Å². The standard InChI is InChI=1S/C9H13N3OS/c1-13-6-7(10)4-8-5-12-2-3-14-9(12)11-8/h2-3,5,7H,4,6,10H2,1H3. The summed E-state index contributed by atoms with van der Waals surface area (Å²) in [6, 6.07) is 0.0320. The van der Waals surface area contributed by atoms with Gasteiger partial charge in [0.05, 0.1) is 12.3 Å². The molecule has 2 N–H and O–H groups in total. The Kier molecular flexibility index (Phi) is 2.81. The Balaban J connectivity index is 2.08. The highest BCUT2D eigenvalue weighted by Gasteiger charge is 2.07. The number of thiazole rings is 1. The van der Waals surface area contributed by atoms with Gasteiger partial charge < -0.3 is 10.5 Å². The van der Waals surface area contributed by atoms with Gasteiger partial charge in [-0.15, -0.1) is 11.3 Å². The zero-order valence-electron chi connectivity index (χ0n) is 8.01. The first-order valence-corrected chi connectivity index (χ1v) is 5.33. The van der Waals surface area contributed by atoms with Crippen LogP contribution in [0.5, 0.6) is 0 Å². The van der Waals surface area contributed by atoms with Crippen molar-refractivity contribution in [2.75, 3.05) is 13.7 Å². The lowest BCUT2D eigenvalue weighted by Crippen LogP contribution is -2.28. The molecule has 0 aliphatic carbocycles. The summed E-state index contributed by atoms with van der Waals surface area (Å²) in [5, 5.41) is 2.02. The van der Waals surface area contributed by atoms with Gasteiger partial charge in [0, 0.05) is 37.3 Å². The maximum atomic E-state index is 5.84. The van der Waals surface area contributed by atoms with Crippen molar-refractivity contribution in [1.29, 1.82) is 0 Å². The number of imidazole rings is 1. The molecule has 0 aromatic carbocycles. The second kappa shape index (κ2) is 4.08. The lowest BCUT2D eigenvalue weighted by Gasteiger charge is -2.06. The van der Waals surface area contributed by atoms with E-state index >= 15 is 0 Å². The topological polar surface area (TPSA) is 52.5 Å². The van der Waals surface area contributed by atoms with Crippen LogP contribution in [0.3, 0.4) is 0 Å². The van der Waals surface area contributed by atoms with Crippen LogP contribution in [0.25, 0.3) is 4.96 Å². The first-order valence-electron chi connectivity index (χ1n) is 4.45. The lowest BCUT2D eigenvalue weighted by atomic mass is 10.2. The average Bonchev–Trinajstić information content (AvgIpc) is 2.63. The van der Waals surface area contributed by atoms with E-state index in [4.69, 9.17) is 10.5 Å². The highest BCUT2D eigenvalue weighted by Crippen LogP contribution is 2.12. The van der Waals surface area contributed by atoms with E-state index in [2.05, 4.69) is 4.98 Å². The van der Waals surface area contributed by atoms with Crippen molar-refractivity contribution >= 4 is 16.3 Å². The van der Waals surface area contributed by atoms with Crippen LogP contribution in [0.1, 0.15) is 5.69 Å². The van der Waals surface area contributed by atoms with Crippen molar-refractivity contribution in [3.63, 3.8) is 0 Å². The van der Waals surface area contributed by atoms with E-state index < -0.39 is 0 Å². The summed E-state index contributed by atoms with van der Waals surface area (Å²) in [6.45, 7) is 0.575. The molecular weight excluding hydrogens is 198 g/mol. The maximum Gasteiger partial charge on any atom is 0.193 e. The number of methoxy groups -OCH3 is 1. The van der Waals surface area contributed by atoms with Gasteiger partial charge in [-0.3, -0.25) is 4.40 Å². The number of aromatic nitrogens is 2. The zero-order valence-corrected chi connectivity index (χ0v) is 8.83. The number of hydrogen-bond acceptors (Lipinski definition) is 4. The lowest BCUT2D eigenvalue weighted by molar-refractivity contribution is 0.179. The smallest absolute Gasteiger partial charge is 0.193 e. The highest BCUT2D eigenvalue weighted by atomic mass is 32.1. The minimum Gasteiger partial charge on any atom is -0.383 e. The van der Waals surface area contributed by atoms with E-state index in [0.717, 1.165) is 17.1 Å². The van der Waals surface area contributed by atoms with Crippen LogP contribution >= 0.6 is 11.3 Å². The SMILES string of the molecule is COCC(N)Cc1cn2ccsc2n1. The minimum atomic E-state index is 0.0320. The third-order valence-electron chi connectivity index (χ3n) is 2.00. The molecule has 2 aromatic rings. The quantitative estimate of drug-likeness (QED) is 0.818. The number of hydrogen-bond donors (Lipinski definition) is 1. The predicted molar refractivity (Wildman–Crippen MR) is 56.6 cm³/mol. The van der Waals surface area contributed by atoms with Gasteiger partial charge in [0.1, 0.15) is 0 Å². The monoisotopic (exact) mass is 211 g/mol. The van der Waals surface area contributed by atoms with E-state index in [1.165, 1.54) is 0 Å². The Labute approximate surface area is 86.3 Å². The molecule has 0 amide bonds. The maximum absolute atomic E-state index is 5.84. The number of fused-ring (bicyclic) bond motifs is 1. The molecule has 2 rings (SSSR count). The molecule has 0 aliphatic rings. The molecule has 4 nitrogen and oxygen atoms in total. The average molecular weight is 211 g/mol.